The summed E-state index contributed by atoms with van der Waals surface area (Å²) in [5, 5.41) is 0.715. The molecule has 0 fully saturated rings. The van der Waals surface area contributed by atoms with Gasteiger partial charge in [-0.25, -0.2) is 0 Å². The molecular weight excluding hydrogens is 386 g/mol. The van der Waals surface area contributed by atoms with Crippen LogP contribution in [0, 0.1) is 0 Å². The SMILES string of the molecule is CN1CC(=O)N(C)c2sc3c(c2C1=O)CCN(C(=O)CCCc1ccccc1)C3. The van der Waals surface area contributed by atoms with Gasteiger partial charge in [0.2, 0.25) is 11.8 Å². The standard InChI is InChI=1S/C22H25N3O3S/c1-23-14-19(27)24(2)22-20(21(23)28)16-11-12-25(13-17(16)29-22)18(26)10-6-9-15-7-4-3-5-8-15/h3-5,7-8H,6,9-14H2,1-2H3. The number of fused-ring (bicyclic) bond motifs is 3. The van der Waals surface area contributed by atoms with Gasteiger partial charge in [-0.3, -0.25) is 14.4 Å². The molecule has 3 amide bonds. The van der Waals surface area contributed by atoms with Crippen LogP contribution in [0.15, 0.2) is 30.3 Å². The minimum absolute atomic E-state index is 0.0907. The molecule has 0 radical (unpaired) electrons. The van der Waals surface area contributed by atoms with E-state index in [2.05, 4.69) is 12.1 Å². The van der Waals surface area contributed by atoms with Crippen molar-refractivity contribution >= 4 is 34.1 Å². The predicted molar refractivity (Wildman–Crippen MR) is 113 cm³/mol. The van der Waals surface area contributed by atoms with E-state index in [0.29, 0.717) is 36.5 Å². The third kappa shape index (κ3) is 3.79. The van der Waals surface area contributed by atoms with Gasteiger partial charge >= 0.3 is 0 Å². The van der Waals surface area contributed by atoms with Crippen LogP contribution in [-0.4, -0.2) is 54.7 Å². The van der Waals surface area contributed by atoms with E-state index < -0.39 is 0 Å². The molecule has 0 atom stereocenters. The normalized spacial score (nSPS) is 16.6. The molecule has 1 aromatic carbocycles. The second kappa shape index (κ2) is 7.99. The molecule has 0 aliphatic carbocycles. The fourth-order valence-corrected chi connectivity index (χ4v) is 5.32. The second-order valence-electron chi connectivity index (χ2n) is 7.70. The van der Waals surface area contributed by atoms with Crippen molar-refractivity contribution in [1.82, 2.24) is 9.80 Å². The average molecular weight is 412 g/mol. The maximum atomic E-state index is 12.8. The number of anilines is 1. The van der Waals surface area contributed by atoms with Gasteiger partial charge < -0.3 is 14.7 Å². The maximum Gasteiger partial charge on any atom is 0.257 e. The summed E-state index contributed by atoms with van der Waals surface area (Å²) >= 11 is 1.47. The number of likely N-dealkylation sites (N-methyl/N-ethyl adjacent to an activating group) is 2. The molecule has 0 spiro atoms. The molecule has 6 nitrogen and oxygen atoms in total. The molecule has 0 unspecified atom stereocenters. The first-order valence-electron chi connectivity index (χ1n) is 9.94. The van der Waals surface area contributed by atoms with Crippen molar-refractivity contribution in [1.29, 1.82) is 0 Å². The van der Waals surface area contributed by atoms with E-state index in [1.165, 1.54) is 21.8 Å². The van der Waals surface area contributed by atoms with E-state index in [1.54, 1.807) is 19.0 Å². The van der Waals surface area contributed by atoms with Gasteiger partial charge in [-0.15, -0.1) is 11.3 Å². The predicted octanol–water partition coefficient (Wildman–Crippen LogP) is 2.70. The van der Waals surface area contributed by atoms with Crippen LogP contribution in [-0.2, 0) is 29.0 Å². The number of nitrogens with zero attached hydrogens (tertiary/aromatic N) is 3. The minimum Gasteiger partial charge on any atom is -0.337 e. The lowest BCUT2D eigenvalue weighted by molar-refractivity contribution is -0.132. The van der Waals surface area contributed by atoms with Crippen LogP contribution < -0.4 is 4.90 Å². The lowest BCUT2D eigenvalue weighted by Crippen LogP contribution is -2.37. The largest absolute Gasteiger partial charge is 0.337 e. The maximum absolute atomic E-state index is 12.8. The summed E-state index contributed by atoms with van der Waals surface area (Å²) in [7, 11) is 3.39. The van der Waals surface area contributed by atoms with Gasteiger partial charge in [0, 0.05) is 31.9 Å². The number of hydrogen-bond donors (Lipinski definition) is 0. The Morgan fingerprint density at radius 1 is 1.10 bits per heavy atom. The number of rotatable bonds is 4. The van der Waals surface area contributed by atoms with Crippen LogP contribution in [0.2, 0.25) is 0 Å². The average Bonchev–Trinajstić information content (AvgIpc) is 3.08. The first kappa shape index (κ1) is 19.6. The van der Waals surface area contributed by atoms with Crippen LogP contribution in [0.4, 0.5) is 5.00 Å². The topological polar surface area (TPSA) is 60.9 Å². The third-order valence-corrected chi connectivity index (χ3v) is 6.99. The number of amides is 3. The van der Waals surface area contributed by atoms with E-state index in [1.807, 2.05) is 23.1 Å². The molecule has 4 rings (SSSR count). The minimum atomic E-state index is -0.0992. The van der Waals surface area contributed by atoms with Gasteiger partial charge in [-0.05, 0) is 30.4 Å². The monoisotopic (exact) mass is 411 g/mol. The quantitative estimate of drug-likeness (QED) is 0.777. The van der Waals surface area contributed by atoms with Crippen LogP contribution in [0.25, 0.3) is 0 Å². The summed E-state index contributed by atoms with van der Waals surface area (Å²) in [6, 6.07) is 10.2. The zero-order valence-electron chi connectivity index (χ0n) is 16.8. The summed E-state index contributed by atoms with van der Waals surface area (Å²) in [5.74, 6) is -0.0343. The summed E-state index contributed by atoms with van der Waals surface area (Å²) in [6.07, 6.45) is 2.91. The van der Waals surface area contributed by atoms with Crippen LogP contribution in [0.1, 0.15) is 39.2 Å². The highest BCUT2D eigenvalue weighted by molar-refractivity contribution is 7.17. The Kier molecular flexibility index (Phi) is 5.41. The molecular formula is C22H25N3O3S. The summed E-state index contributed by atoms with van der Waals surface area (Å²) in [4.78, 5) is 43.9. The van der Waals surface area contributed by atoms with Crippen molar-refractivity contribution in [2.24, 2.45) is 0 Å². The fraction of sp³-hybridized carbons (Fsp3) is 0.409. The zero-order chi connectivity index (χ0) is 20.5. The van der Waals surface area contributed by atoms with Crippen molar-refractivity contribution in [2.45, 2.75) is 32.2 Å². The third-order valence-electron chi connectivity index (χ3n) is 5.70. The Hall–Kier alpha value is -2.67. The van der Waals surface area contributed by atoms with Crippen molar-refractivity contribution in [3.63, 3.8) is 0 Å². The number of aryl methyl sites for hydroxylation is 1. The number of hydrogen-bond acceptors (Lipinski definition) is 4. The number of carbonyl (C=O) groups is 3. The molecule has 0 bridgehead atoms. The van der Waals surface area contributed by atoms with E-state index in [0.717, 1.165) is 23.3 Å². The van der Waals surface area contributed by atoms with Crippen LogP contribution >= 0.6 is 11.3 Å². The molecule has 3 heterocycles. The van der Waals surface area contributed by atoms with Crippen molar-refractivity contribution in [3.8, 4) is 0 Å². The lowest BCUT2D eigenvalue weighted by Gasteiger charge is -2.27. The number of benzene rings is 1. The van der Waals surface area contributed by atoms with Crippen molar-refractivity contribution in [2.75, 3.05) is 32.1 Å². The van der Waals surface area contributed by atoms with Gasteiger partial charge in [0.15, 0.2) is 0 Å². The molecule has 29 heavy (non-hydrogen) atoms. The van der Waals surface area contributed by atoms with Gasteiger partial charge in [0.05, 0.1) is 12.1 Å². The summed E-state index contributed by atoms with van der Waals surface area (Å²) in [6.45, 7) is 1.24. The van der Waals surface area contributed by atoms with Crippen molar-refractivity contribution < 1.29 is 14.4 Å². The van der Waals surface area contributed by atoms with E-state index in [4.69, 9.17) is 0 Å². The molecule has 0 saturated carbocycles. The first-order valence-corrected chi connectivity index (χ1v) is 10.8. The van der Waals surface area contributed by atoms with Gasteiger partial charge in [-0.1, -0.05) is 30.3 Å². The molecule has 2 aliphatic heterocycles. The Bertz CT molecular complexity index is 954. The van der Waals surface area contributed by atoms with E-state index >= 15 is 0 Å². The Balaban J connectivity index is 1.46. The molecule has 7 heteroatoms. The molecule has 0 saturated heterocycles. The van der Waals surface area contributed by atoms with Gasteiger partial charge in [0.25, 0.3) is 5.91 Å². The van der Waals surface area contributed by atoms with Crippen molar-refractivity contribution in [3.05, 3.63) is 51.9 Å². The number of carbonyl (C=O) groups excluding carboxylic acids is 3. The highest BCUT2D eigenvalue weighted by atomic mass is 32.1. The Labute approximate surface area is 174 Å². The van der Waals surface area contributed by atoms with E-state index in [-0.39, 0.29) is 24.3 Å². The van der Waals surface area contributed by atoms with Gasteiger partial charge in [0.1, 0.15) is 11.5 Å². The molecule has 152 valence electrons. The first-order chi connectivity index (χ1) is 14.0. The summed E-state index contributed by atoms with van der Waals surface area (Å²) in [5.41, 5.74) is 2.91. The molecule has 2 aromatic rings. The summed E-state index contributed by atoms with van der Waals surface area (Å²) < 4.78 is 0. The number of thiophene rings is 1. The molecule has 1 aromatic heterocycles. The highest BCUT2D eigenvalue weighted by Crippen LogP contribution is 2.40. The van der Waals surface area contributed by atoms with E-state index in [9.17, 15) is 14.4 Å². The Morgan fingerprint density at radius 2 is 1.86 bits per heavy atom. The van der Waals surface area contributed by atoms with Gasteiger partial charge in [-0.2, -0.15) is 0 Å². The second-order valence-corrected chi connectivity index (χ2v) is 8.79. The zero-order valence-corrected chi connectivity index (χ0v) is 17.6. The highest BCUT2D eigenvalue weighted by Gasteiger charge is 2.35. The smallest absolute Gasteiger partial charge is 0.257 e. The van der Waals surface area contributed by atoms with Crippen LogP contribution in [0.5, 0.6) is 0 Å². The fourth-order valence-electron chi connectivity index (χ4n) is 3.99. The van der Waals surface area contributed by atoms with Crippen LogP contribution in [0.3, 0.4) is 0 Å². The molecule has 0 N–H and O–H groups in total. The molecule has 2 aliphatic rings. The lowest BCUT2D eigenvalue weighted by atomic mass is 10.0. The Morgan fingerprint density at radius 3 is 2.62 bits per heavy atom.